The van der Waals surface area contributed by atoms with Crippen molar-refractivity contribution in [1.82, 2.24) is 5.32 Å². The number of benzene rings is 2. The van der Waals surface area contributed by atoms with Gasteiger partial charge in [-0.3, -0.25) is 14.4 Å². The van der Waals surface area contributed by atoms with E-state index in [1.807, 2.05) is 0 Å². The lowest BCUT2D eigenvalue weighted by molar-refractivity contribution is -0.150. The Morgan fingerprint density at radius 1 is 1.19 bits per heavy atom. The molecule has 0 saturated carbocycles. The van der Waals surface area contributed by atoms with Crippen molar-refractivity contribution in [3.63, 3.8) is 0 Å². The Hall–Kier alpha value is -3.09. The van der Waals surface area contributed by atoms with Gasteiger partial charge in [0.25, 0.3) is 0 Å². The Balaban J connectivity index is 1.85. The van der Waals surface area contributed by atoms with Crippen molar-refractivity contribution in [1.29, 1.82) is 5.26 Å². The highest BCUT2D eigenvalue weighted by Crippen LogP contribution is 2.40. The van der Waals surface area contributed by atoms with Crippen LogP contribution < -0.4 is 10.6 Å². The van der Waals surface area contributed by atoms with Gasteiger partial charge in [-0.1, -0.05) is 58.0 Å². The van der Waals surface area contributed by atoms with Crippen LogP contribution in [0.15, 0.2) is 69.7 Å². The van der Waals surface area contributed by atoms with Crippen molar-refractivity contribution in [3.05, 3.63) is 75.2 Å². The lowest BCUT2D eigenvalue weighted by Gasteiger charge is -2.30. The van der Waals surface area contributed by atoms with Gasteiger partial charge in [-0.05, 0) is 29.8 Å². The van der Waals surface area contributed by atoms with E-state index < -0.39 is 23.7 Å². The van der Waals surface area contributed by atoms with Gasteiger partial charge in [0.05, 0.1) is 29.5 Å². The molecule has 0 bridgehead atoms. The Morgan fingerprint density at radius 3 is 2.48 bits per heavy atom. The molecular weight excluding hydrogens is 482 g/mol. The van der Waals surface area contributed by atoms with E-state index in [9.17, 15) is 19.6 Å². The molecule has 9 heteroatoms. The number of nitrogens with one attached hydrogen (secondary N) is 2. The van der Waals surface area contributed by atoms with E-state index in [-0.39, 0.29) is 22.3 Å². The third kappa shape index (κ3) is 5.34. The van der Waals surface area contributed by atoms with Gasteiger partial charge in [-0.15, -0.1) is 0 Å². The number of rotatable bonds is 6. The molecule has 0 unspecified atom stereocenters. The van der Waals surface area contributed by atoms with Crippen molar-refractivity contribution in [2.24, 2.45) is 5.92 Å². The first-order chi connectivity index (χ1) is 14.9. The van der Waals surface area contributed by atoms with E-state index in [2.05, 4.69) is 32.6 Å². The van der Waals surface area contributed by atoms with Crippen molar-refractivity contribution in [2.75, 3.05) is 18.2 Å². The fraction of sp³-hybridized carbons (Fsp3) is 0.182. The third-order valence-electron chi connectivity index (χ3n) is 4.62. The van der Waals surface area contributed by atoms with Gasteiger partial charge in [0.2, 0.25) is 11.8 Å². The predicted molar refractivity (Wildman–Crippen MR) is 121 cm³/mol. The van der Waals surface area contributed by atoms with Crippen LogP contribution in [0.25, 0.3) is 0 Å². The molecule has 2 atom stereocenters. The van der Waals surface area contributed by atoms with Gasteiger partial charge in [0, 0.05) is 16.1 Å². The summed E-state index contributed by atoms with van der Waals surface area (Å²) < 4.78 is 5.70. The molecule has 1 aliphatic heterocycles. The van der Waals surface area contributed by atoms with Crippen molar-refractivity contribution in [2.45, 2.75) is 5.92 Å². The van der Waals surface area contributed by atoms with Gasteiger partial charge in [0.15, 0.2) is 0 Å². The van der Waals surface area contributed by atoms with Crippen LogP contribution in [0.2, 0.25) is 0 Å². The molecule has 31 heavy (non-hydrogen) atoms. The summed E-state index contributed by atoms with van der Waals surface area (Å²) in [5.74, 6) is -3.61. The highest BCUT2D eigenvalue weighted by atomic mass is 79.9. The monoisotopic (exact) mass is 499 g/mol. The van der Waals surface area contributed by atoms with Crippen LogP contribution in [0, 0.1) is 17.2 Å². The van der Waals surface area contributed by atoms with Crippen LogP contribution >= 0.6 is 27.7 Å². The Labute approximate surface area is 192 Å². The van der Waals surface area contributed by atoms with Gasteiger partial charge >= 0.3 is 5.97 Å². The number of nitrogens with zero attached hydrogens (tertiary/aromatic N) is 1. The maximum atomic E-state index is 12.7. The minimum atomic E-state index is -1.19. The second kappa shape index (κ2) is 10.3. The summed E-state index contributed by atoms with van der Waals surface area (Å²) in [6.07, 6.45) is 0. The number of halogens is 1. The van der Waals surface area contributed by atoms with Crippen LogP contribution in [0.1, 0.15) is 11.5 Å². The van der Waals surface area contributed by atoms with E-state index in [0.29, 0.717) is 11.3 Å². The van der Waals surface area contributed by atoms with E-state index in [4.69, 9.17) is 4.74 Å². The van der Waals surface area contributed by atoms with Gasteiger partial charge in [0.1, 0.15) is 5.92 Å². The number of hydrogen-bond donors (Lipinski definition) is 2. The Bertz CT molecular complexity index is 1060. The Morgan fingerprint density at radius 2 is 1.87 bits per heavy atom. The maximum absolute atomic E-state index is 12.7. The molecule has 0 aromatic heterocycles. The van der Waals surface area contributed by atoms with Crippen molar-refractivity contribution in [3.8, 4) is 6.07 Å². The lowest BCUT2D eigenvalue weighted by atomic mass is 9.78. The third-order valence-corrected chi connectivity index (χ3v) is 6.16. The highest BCUT2D eigenvalue weighted by Gasteiger charge is 2.44. The molecular formula is C22H18BrN3O4S. The minimum Gasteiger partial charge on any atom is -0.468 e. The molecule has 2 aromatic carbocycles. The molecule has 2 aromatic rings. The first-order valence-corrected chi connectivity index (χ1v) is 11.0. The van der Waals surface area contributed by atoms with E-state index >= 15 is 0 Å². The number of carbonyl (C=O) groups excluding carboxylic acids is 3. The Kier molecular flexibility index (Phi) is 7.50. The standard InChI is InChI=1S/C22H18BrN3O4S/c1-30-22(29)19-18(13-5-3-2-4-6-13)16(11-24)21(26-20(19)28)31-12-17(27)25-15-9-7-14(23)8-10-15/h2-10,18-19H,12H2,1H3,(H,25,27)(H,26,28)/t18-,19+/m1/s1. The summed E-state index contributed by atoms with van der Waals surface area (Å²) in [5, 5.41) is 15.5. The van der Waals surface area contributed by atoms with E-state index in [0.717, 1.165) is 16.2 Å². The first-order valence-electron chi connectivity index (χ1n) is 9.20. The number of hydrogen-bond acceptors (Lipinski definition) is 6. The molecule has 0 spiro atoms. The van der Waals surface area contributed by atoms with Crippen LogP contribution in [-0.2, 0) is 19.1 Å². The number of allylic oxidation sites excluding steroid dienone is 1. The average Bonchev–Trinajstić information content (AvgIpc) is 2.78. The van der Waals surface area contributed by atoms with Crippen LogP contribution in [0.5, 0.6) is 0 Å². The summed E-state index contributed by atoms with van der Waals surface area (Å²) in [4.78, 5) is 37.4. The summed E-state index contributed by atoms with van der Waals surface area (Å²) in [7, 11) is 1.20. The number of carbonyl (C=O) groups is 3. The van der Waals surface area contributed by atoms with Crippen molar-refractivity contribution >= 4 is 51.2 Å². The molecule has 1 heterocycles. The molecule has 0 aliphatic carbocycles. The normalized spacial score (nSPS) is 18.0. The van der Waals surface area contributed by atoms with E-state index in [1.165, 1.54) is 7.11 Å². The number of ether oxygens (including phenoxy) is 1. The lowest BCUT2D eigenvalue weighted by Crippen LogP contribution is -2.44. The second-order valence-corrected chi connectivity index (χ2v) is 8.48. The smallest absolute Gasteiger partial charge is 0.319 e. The molecule has 3 rings (SSSR count). The largest absolute Gasteiger partial charge is 0.468 e. The molecule has 2 amide bonds. The van der Waals surface area contributed by atoms with Crippen LogP contribution in [0.3, 0.4) is 0 Å². The number of thioether (sulfide) groups is 1. The fourth-order valence-corrected chi connectivity index (χ4v) is 4.32. The molecule has 158 valence electrons. The van der Waals surface area contributed by atoms with Crippen molar-refractivity contribution < 1.29 is 19.1 Å². The number of anilines is 1. The SMILES string of the molecule is COC(=O)[C@@H]1C(=O)NC(SCC(=O)Nc2ccc(Br)cc2)=C(C#N)[C@H]1c1ccccc1. The van der Waals surface area contributed by atoms with Gasteiger partial charge in [-0.25, -0.2) is 0 Å². The number of nitriles is 1. The van der Waals surface area contributed by atoms with Gasteiger partial charge < -0.3 is 15.4 Å². The summed E-state index contributed by atoms with van der Waals surface area (Å²) in [6.45, 7) is 0. The van der Waals surface area contributed by atoms with Gasteiger partial charge in [-0.2, -0.15) is 5.26 Å². The zero-order chi connectivity index (χ0) is 22.4. The number of amides is 2. The van der Waals surface area contributed by atoms with Crippen LogP contribution in [-0.4, -0.2) is 30.6 Å². The average molecular weight is 500 g/mol. The summed E-state index contributed by atoms with van der Waals surface area (Å²) in [5.41, 5.74) is 1.48. The number of esters is 1. The number of methoxy groups -OCH3 is 1. The summed E-state index contributed by atoms with van der Waals surface area (Å²) >= 11 is 4.37. The molecule has 0 radical (unpaired) electrons. The quantitative estimate of drug-likeness (QED) is 0.464. The molecule has 7 nitrogen and oxygen atoms in total. The van der Waals surface area contributed by atoms with Crippen LogP contribution in [0.4, 0.5) is 5.69 Å². The molecule has 2 N–H and O–H groups in total. The zero-order valence-electron chi connectivity index (χ0n) is 16.4. The molecule has 1 aliphatic rings. The topological polar surface area (TPSA) is 108 Å². The maximum Gasteiger partial charge on any atom is 0.319 e. The fourth-order valence-electron chi connectivity index (χ4n) is 3.21. The summed E-state index contributed by atoms with van der Waals surface area (Å²) in [6, 6.07) is 18.1. The zero-order valence-corrected chi connectivity index (χ0v) is 18.8. The minimum absolute atomic E-state index is 0.0265. The highest BCUT2D eigenvalue weighted by molar-refractivity contribution is 9.10. The molecule has 0 saturated heterocycles. The second-order valence-electron chi connectivity index (χ2n) is 6.58. The molecule has 0 fully saturated rings. The first kappa shape index (κ1) is 22.6. The van der Waals surface area contributed by atoms with E-state index in [1.54, 1.807) is 54.6 Å². The predicted octanol–water partition coefficient (Wildman–Crippen LogP) is 3.56.